The van der Waals surface area contributed by atoms with Gasteiger partial charge in [-0.3, -0.25) is 14.4 Å². The number of hydrogen-bond donors (Lipinski definition) is 0. The molecule has 0 unspecified atom stereocenters. The van der Waals surface area contributed by atoms with Gasteiger partial charge < -0.3 is 14.2 Å². The minimum atomic E-state index is -0.835. The van der Waals surface area contributed by atoms with E-state index < -0.39 is 6.10 Å². The lowest BCUT2D eigenvalue weighted by molar-refractivity contribution is -0.166. The van der Waals surface area contributed by atoms with E-state index in [9.17, 15) is 14.4 Å². The van der Waals surface area contributed by atoms with E-state index in [1.807, 2.05) is 6.08 Å². The Bertz CT molecular complexity index is 1480. The molecule has 0 aromatic heterocycles. The molecule has 1 atom stereocenters. The molecule has 0 spiro atoms. The predicted molar refractivity (Wildman–Crippen MR) is 325 cm³/mol. The third-order valence-corrected chi connectivity index (χ3v) is 13.6. The Labute approximate surface area is 464 Å². The molecule has 75 heavy (non-hydrogen) atoms. The van der Waals surface area contributed by atoms with Gasteiger partial charge in [0.2, 0.25) is 0 Å². The molecular formula is C69H118O6. The fraction of sp³-hybridized carbons (Fsp3) is 0.725. The fourth-order valence-corrected chi connectivity index (χ4v) is 8.80. The highest BCUT2D eigenvalue weighted by atomic mass is 16.6. The first kappa shape index (κ1) is 71.3. The second kappa shape index (κ2) is 62.9. The van der Waals surface area contributed by atoms with E-state index in [0.29, 0.717) is 19.3 Å². The number of esters is 3. The third kappa shape index (κ3) is 61.1. The Morgan fingerprint density at radius 3 is 0.893 bits per heavy atom. The van der Waals surface area contributed by atoms with Crippen LogP contribution in [0, 0.1) is 0 Å². The summed E-state index contributed by atoms with van der Waals surface area (Å²) in [4.78, 5) is 38.2. The first-order chi connectivity index (χ1) is 37.0. The molecular weight excluding hydrogens is 925 g/mol. The molecule has 0 aliphatic carbocycles. The van der Waals surface area contributed by atoms with Crippen LogP contribution in [0.15, 0.2) is 97.2 Å². The quantitative estimate of drug-likeness (QED) is 0.0261. The topological polar surface area (TPSA) is 78.9 Å². The van der Waals surface area contributed by atoms with Crippen LogP contribution in [-0.4, -0.2) is 37.2 Å². The first-order valence-electron chi connectivity index (χ1n) is 31.7. The van der Waals surface area contributed by atoms with Gasteiger partial charge in [0.15, 0.2) is 6.10 Å². The van der Waals surface area contributed by atoms with Crippen molar-refractivity contribution in [2.24, 2.45) is 0 Å². The summed E-state index contributed by atoms with van der Waals surface area (Å²) in [6.07, 6.45) is 84.3. The van der Waals surface area contributed by atoms with Crippen LogP contribution in [0.3, 0.4) is 0 Å². The zero-order valence-corrected chi connectivity index (χ0v) is 49.3. The predicted octanol–water partition coefficient (Wildman–Crippen LogP) is 21.7. The molecule has 0 aromatic rings. The van der Waals surface area contributed by atoms with Crippen molar-refractivity contribution in [3.8, 4) is 0 Å². The molecule has 0 fully saturated rings. The van der Waals surface area contributed by atoms with Gasteiger partial charge in [0.1, 0.15) is 13.2 Å². The van der Waals surface area contributed by atoms with Gasteiger partial charge in [-0.05, 0) is 89.9 Å². The molecule has 0 bridgehead atoms. The Hall–Kier alpha value is -3.67. The number of unbranched alkanes of at least 4 members (excludes halogenated alkanes) is 30. The summed E-state index contributed by atoms with van der Waals surface area (Å²) in [5.74, 6) is -1.05. The summed E-state index contributed by atoms with van der Waals surface area (Å²) in [7, 11) is 0. The van der Waals surface area contributed by atoms with Crippen LogP contribution in [0.25, 0.3) is 0 Å². The Kier molecular flexibility index (Phi) is 59.8. The van der Waals surface area contributed by atoms with Gasteiger partial charge in [-0.25, -0.2) is 0 Å². The van der Waals surface area contributed by atoms with Crippen LogP contribution < -0.4 is 0 Å². The molecule has 0 radical (unpaired) electrons. The molecule has 0 rings (SSSR count). The van der Waals surface area contributed by atoms with Crippen LogP contribution in [-0.2, 0) is 28.6 Å². The van der Waals surface area contributed by atoms with Crippen molar-refractivity contribution in [3.05, 3.63) is 97.2 Å². The number of hydrogen-bond acceptors (Lipinski definition) is 6. The number of carbonyl (C=O) groups excluding carboxylic acids is 3. The summed E-state index contributed by atoms with van der Waals surface area (Å²) >= 11 is 0. The first-order valence-corrected chi connectivity index (χ1v) is 31.7. The highest BCUT2D eigenvalue weighted by Crippen LogP contribution is 2.16. The zero-order valence-electron chi connectivity index (χ0n) is 49.3. The van der Waals surface area contributed by atoms with Crippen molar-refractivity contribution >= 4 is 17.9 Å². The van der Waals surface area contributed by atoms with E-state index in [2.05, 4.69) is 112 Å². The normalized spacial score (nSPS) is 12.7. The lowest BCUT2D eigenvalue weighted by Crippen LogP contribution is -2.30. The molecule has 0 aromatic carbocycles. The summed E-state index contributed by atoms with van der Waals surface area (Å²) in [6, 6.07) is 0. The SMILES string of the molecule is CCCCC/C=C\C/C=C\C/C=C\C/C=C\C/C=C\CCC(=O)OC[C@H](COC(=O)CCCCCCCCCCCCCCCCCCCCCCC)OC(=O)CCC/C=C\C/C=C\C/C=C\CCCCCCCC. The van der Waals surface area contributed by atoms with Crippen molar-refractivity contribution in [1.82, 2.24) is 0 Å². The van der Waals surface area contributed by atoms with E-state index in [4.69, 9.17) is 14.2 Å². The van der Waals surface area contributed by atoms with E-state index in [0.717, 1.165) is 64.2 Å². The van der Waals surface area contributed by atoms with Gasteiger partial charge in [0.25, 0.3) is 0 Å². The van der Waals surface area contributed by atoms with Gasteiger partial charge in [-0.1, -0.05) is 291 Å². The second-order valence-corrected chi connectivity index (χ2v) is 21.0. The molecule has 0 N–H and O–H groups in total. The Morgan fingerprint density at radius 1 is 0.267 bits per heavy atom. The fourth-order valence-electron chi connectivity index (χ4n) is 8.80. The van der Waals surface area contributed by atoms with Crippen molar-refractivity contribution < 1.29 is 28.6 Å². The van der Waals surface area contributed by atoms with Gasteiger partial charge in [-0.2, -0.15) is 0 Å². The van der Waals surface area contributed by atoms with Crippen LogP contribution in [0.5, 0.6) is 0 Å². The van der Waals surface area contributed by atoms with E-state index in [1.165, 1.54) is 186 Å². The minimum Gasteiger partial charge on any atom is -0.462 e. The third-order valence-electron chi connectivity index (χ3n) is 13.6. The van der Waals surface area contributed by atoms with Gasteiger partial charge in [0, 0.05) is 19.3 Å². The molecule has 0 amide bonds. The second-order valence-electron chi connectivity index (χ2n) is 21.0. The summed E-state index contributed by atoms with van der Waals surface area (Å²) in [6.45, 7) is 6.53. The van der Waals surface area contributed by atoms with Crippen LogP contribution >= 0.6 is 0 Å². The highest BCUT2D eigenvalue weighted by Gasteiger charge is 2.19. The smallest absolute Gasteiger partial charge is 0.306 e. The van der Waals surface area contributed by atoms with Crippen LogP contribution in [0.2, 0.25) is 0 Å². The summed E-state index contributed by atoms with van der Waals surface area (Å²) in [5, 5.41) is 0. The average Bonchev–Trinajstić information content (AvgIpc) is 3.41. The zero-order chi connectivity index (χ0) is 54.3. The van der Waals surface area contributed by atoms with Crippen molar-refractivity contribution in [1.29, 1.82) is 0 Å². The van der Waals surface area contributed by atoms with Crippen molar-refractivity contribution in [3.63, 3.8) is 0 Å². The minimum absolute atomic E-state index is 0.118. The molecule has 6 heteroatoms. The molecule has 0 aliphatic rings. The lowest BCUT2D eigenvalue weighted by atomic mass is 10.0. The number of allylic oxidation sites excluding steroid dienone is 16. The summed E-state index contributed by atoms with van der Waals surface area (Å²) < 4.78 is 16.8. The maximum Gasteiger partial charge on any atom is 0.306 e. The molecule has 6 nitrogen and oxygen atoms in total. The van der Waals surface area contributed by atoms with Crippen LogP contribution in [0.1, 0.15) is 303 Å². The maximum absolute atomic E-state index is 12.9. The Morgan fingerprint density at radius 2 is 0.520 bits per heavy atom. The summed E-state index contributed by atoms with van der Waals surface area (Å²) in [5.41, 5.74) is 0. The van der Waals surface area contributed by atoms with E-state index in [1.54, 1.807) is 0 Å². The van der Waals surface area contributed by atoms with Crippen LogP contribution in [0.4, 0.5) is 0 Å². The van der Waals surface area contributed by atoms with E-state index in [-0.39, 0.29) is 44.0 Å². The van der Waals surface area contributed by atoms with Crippen molar-refractivity contribution in [2.75, 3.05) is 13.2 Å². The van der Waals surface area contributed by atoms with Crippen molar-refractivity contribution in [2.45, 2.75) is 309 Å². The molecule has 0 saturated carbocycles. The number of carbonyl (C=O) groups is 3. The maximum atomic E-state index is 12.9. The van der Waals surface area contributed by atoms with E-state index >= 15 is 0 Å². The lowest BCUT2D eigenvalue weighted by Gasteiger charge is -2.18. The molecule has 0 heterocycles. The highest BCUT2D eigenvalue weighted by molar-refractivity contribution is 5.71. The van der Waals surface area contributed by atoms with Gasteiger partial charge in [-0.15, -0.1) is 0 Å². The standard InChI is InChI=1S/C69H118O6/c1-4-7-10-13-16-19-22-25-28-31-33-34-36-39-41-44-47-50-53-56-59-62-68(71)74-65-66(75-69(72)63-60-57-54-51-48-45-42-37-30-27-24-21-18-15-12-9-6-3)64-73-67(70)61-58-55-52-49-46-43-40-38-35-32-29-26-23-20-17-14-11-8-5-2/h17,20,26-27,29-30,35,38,42-43,45-46,51-52,54-55,66H,4-16,18-19,21-25,28,31-34,36-37,39-41,44,47-50,53,56-65H2,1-3H3/b20-17-,29-26-,30-27-,38-35-,45-42-,46-43-,54-51-,55-52-/t66-/m1/s1. The van der Waals surface area contributed by atoms with Gasteiger partial charge in [0.05, 0.1) is 0 Å². The molecule has 430 valence electrons. The monoisotopic (exact) mass is 1040 g/mol. The van der Waals surface area contributed by atoms with Gasteiger partial charge >= 0.3 is 17.9 Å². The largest absolute Gasteiger partial charge is 0.462 e. The molecule has 0 saturated heterocycles. The number of ether oxygens (including phenoxy) is 3. The average molecular weight is 1040 g/mol. The number of rotatable bonds is 57. The Balaban J connectivity index is 4.51. The molecule has 0 aliphatic heterocycles.